The second kappa shape index (κ2) is 4.18. The van der Waals surface area contributed by atoms with Crippen LogP contribution in [-0.2, 0) is 0 Å². The van der Waals surface area contributed by atoms with Gasteiger partial charge in [-0.25, -0.2) is 4.79 Å². The summed E-state index contributed by atoms with van der Waals surface area (Å²) in [4.78, 5) is 12.9. The summed E-state index contributed by atoms with van der Waals surface area (Å²) in [5, 5.41) is 5.81. The van der Waals surface area contributed by atoms with Gasteiger partial charge in [0.05, 0.1) is 0 Å². The first-order valence-electron chi connectivity index (χ1n) is 4.02. The van der Waals surface area contributed by atoms with Crippen molar-refractivity contribution in [3.05, 3.63) is 0 Å². The molecule has 4 heteroatoms. The Kier molecular flexibility index (Phi) is 3.16. The number of carbonyl (C=O) groups excluding carboxylic acids is 1. The summed E-state index contributed by atoms with van der Waals surface area (Å²) < 4.78 is 0. The highest BCUT2D eigenvalue weighted by atomic mass is 16.2. The van der Waals surface area contributed by atoms with E-state index in [2.05, 4.69) is 10.6 Å². The van der Waals surface area contributed by atoms with Gasteiger partial charge in [-0.2, -0.15) is 0 Å². The Labute approximate surface area is 66.9 Å². The minimum Gasteiger partial charge on any atom is -0.338 e. The molecule has 1 saturated heterocycles. The number of urea groups is 1. The van der Waals surface area contributed by atoms with Crippen molar-refractivity contribution in [2.24, 2.45) is 0 Å². The number of rotatable bonds is 3. The van der Waals surface area contributed by atoms with E-state index in [4.69, 9.17) is 0 Å². The van der Waals surface area contributed by atoms with Crippen LogP contribution in [-0.4, -0.2) is 44.2 Å². The van der Waals surface area contributed by atoms with Crippen molar-refractivity contribution in [1.82, 2.24) is 15.5 Å². The maximum absolute atomic E-state index is 11.1. The molecular formula is C7H15N3O. The molecule has 0 aromatic rings. The zero-order chi connectivity index (χ0) is 8.10. The number of likely N-dealkylation sites (N-methyl/N-ethyl adjacent to an activating group) is 1. The van der Waals surface area contributed by atoms with E-state index in [1.165, 1.54) is 0 Å². The van der Waals surface area contributed by atoms with Crippen LogP contribution in [0.1, 0.15) is 6.42 Å². The molecule has 0 spiro atoms. The van der Waals surface area contributed by atoms with E-state index in [9.17, 15) is 4.79 Å². The molecule has 4 nitrogen and oxygen atoms in total. The summed E-state index contributed by atoms with van der Waals surface area (Å²) in [6, 6.07) is 0.0755. The lowest BCUT2D eigenvalue weighted by Gasteiger charge is -2.27. The highest BCUT2D eigenvalue weighted by molar-refractivity contribution is 5.74. The van der Waals surface area contributed by atoms with Crippen LogP contribution in [0, 0.1) is 0 Å². The molecule has 1 aliphatic heterocycles. The molecule has 1 aliphatic rings. The summed E-state index contributed by atoms with van der Waals surface area (Å²) in [5.41, 5.74) is 0. The molecule has 0 aromatic carbocycles. The van der Waals surface area contributed by atoms with E-state index < -0.39 is 0 Å². The maximum Gasteiger partial charge on any atom is 0.317 e. The van der Waals surface area contributed by atoms with Gasteiger partial charge in [-0.3, -0.25) is 0 Å². The highest BCUT2D eigenvalue weighted by Crippen LogP contribution is 1.96. The standard InChI is InChI=1S/C7H15N3O/c1-8-4-6-10-5-2-3-9-7(10)11/h8H,2-6H2,1H3,(H,9,11). The zero-order valence-corrected chi connectivity index (χ0v) is 6.89. The fraction of sp³-hybridized carbons (Fsp3) is 0.857. The van der Waals surface area contributed by atoms with E-state index in [0.29, 0.717) is 0 Å². The smallest absolute Gasteiger partial charge is 0.317 e. The second-order valence-corrected chi connectivity index (χ2v) is 2.68. The van der Waals surface area contributed by atoms with Gasteiger partial charge in [-0.1, -0.05) is 0 Å². The summed E-state index contributed by atoms with van der Waals surface area (Å²) in [6.07, 6.45) is 1.06. The average molecular weight is 157 g/mol. The topological polar surface area (TPSA) is 44.4 Å². The van der Waals surface area contributed by atoms with Gasteiger partial charge >= 0.3 is 6.03 Å². The maximum atomic E-state index is 11.1. The van der Waals surface area contributed by atoms with Gasteiger partial charge in [0.25, 0.3) is 0 Å². The molecule has 2 amide bonds. The van der Waals surface area contributed by atoms with Gasteiger partial charge < -0.3 is 15.5 Å². The number of amides is 2. The van der Waals surface area contributed by atoms with Crippen molar-refractivity contribution in [3.63, 3.8) is 0 Å². The molecule has 1 fully saturated rings. The number of carbonyl (C=O) groups is 1. The lowest BCUT2D eigenvalue weighted by atomic mass is 10.3. The molecule has 0 radical (unpaired) electrons. The summed E-state index contributed by atoms with van der Waals surface area (Å²) in [5.74, 6) is 0. The van der Waals surface area contributed by atoms with Gasteiger partial charge in [-0.15, -0.1) is 0 Å². The van der Waals surface area contributed by atoms with Crippen molar-refractivity contribution in [2.45, 2.75) is 6.42 Å². The van der Waals surface area contributed by atoms with Crippen LogP contribution in [0.4, 0.5) is 4.79 Å². The molecule has 64 valence electrons. The van der Waals surface area contributed by atoms with Gasteiger partial charge in [0.15, 0.2) is 0 Å². The van der Waals surface area contributed by atoms with Crippen molar-refractivity contribution in [3.8, 4) is 0 Å². The molecule has 1 rings (SSSR count). The Balaban J connectivity index is 2.24. The van der Waals surface area contributed by atoms with Crippen molar-refractivity contribution in [1.29, 1.82) is 0 Å². The lowest BCUT2D eigenvalue weighted by Crippen LogP contribution is -2.48. The second-order valence-electron chi connectivity index (χ2n) is 2.68. The fourth-order valence-corrected chi connectivity index (χ4v) is 1.14. The number of nitrogens with one attached hydrogen (secondary N) is 2. The largest absolute Gasteiger partial charge is 0.338 e. The van der Waals surface area contributed by atoms with Crippen molar-refractivity contribution >= 4 is 6.03 Å². The monoisotopic (exact) mass is 157 g/mol. The van der Waals surface area contributed by atoms with Crippen LogP contribution < -0.4 is 10.6 Å². The van der Waals surface area contributed by atoms with E-state index in [1.807, 2.05) is 11.9 Å². The molecule has 11 heavy (non-hydrogen) atoms. The molecule has 2 N–H and O–H groups in total. The van der Waals surface area contributed by atoms with Crippen molar-refractivity contribution < 1.29 is 4.79 Å². The molecule has 0 bridgehead atoms. The highest BCUT2D eigenvalue weighted by Gasteiger charge is 2.15. The Bertz CT molecular complexity index is 138. The summed E-state index contributed by atoms with van der Waals surface area (Å²) >= 11 is 0. The van der Waals surface area contributed by atoms with E-state index in [1.54, 1.807) is 0 Å². The number of hydrogen-bond donors (Lipinski definition) is 2. The van der Waals surface area contributed by atoms with E-state index in [-0.39, 0.29) is 6.03 Å². The number of nitrogens with zero attached hydrogens (tertiary/aromatic N) is 1. The SMILES string of the molecule is CNCCN1CCCNC1=O. The third-order valence-corrected chi connectivity index (χ3v) is 1.80. The minimum atomic E-state index is 0.0755. The summed E-state index contributed by atoms with van der Waals surface area (Å²) in [7, 11) is 1.89. The zero-order valence-electron chi connectivity index (χ0n) is 6.89. The Morgan fingerprint density at radius 2 is 2.55 bits per heavy atom. The van der Waals surface area contributed by atoms with Gasteiger partial charge in [-0.05, 0) is 13.5 Å². The molecule has 0 aliphatic carbocycles. The molecule has 0 aromatic heterocycles. The van der Waals surface area contributed by atoms with Crippen LogP contribution in [0.3, 0.4) is 0 Å². The minimum absolute atomic E-state index is 0.0755. The third-order valence-electron chi connectivity index (χ3n) is 1.80. The van der Waals surface area contributed by atoms with Crippen LogP contribution >= 0.6 is 0 Å². The Hall–Kier alpha value is -0.770. The lowest BCUT2D eigenvalue weighted by molar-refractivity contribution is 0.187. The van der Waals surface area contributed by atoms with Crippen molar-refractivity contribution in [2.75, 3.05) is 33.2 Å². The quantitative estimate of drug-likeness (QED) is 0.586. The first-order valence-corrected chi connectivity index (χ1v) is 4.02. The Morgan fingerprint density at radius 3 is 3.18 bits per heavy atom. The molecule has 0 atom stereocenters. The normalized spacial score (nSPS) is 18.3. The van der Waals surface area contributed by atoms with E-state index in [0.717, 1.165) is 32.6 Å². The van der Waals surface area contributed by atoms with Gasteiger partial charge in [0.2, 0.25) is 0 Å². The molecular weight excluding hydrogens is 142 g/mol. The number of hydrogen-bond acceptors (Lipinski definition) is 2. The fourth-order valence-electron chi connectivity index (χ4n) is 1.14. The van der Waals surface area contributed by atoms with Crippen LogP contribution in [0.15, 0.2) is 0 Å². The van der Waals surface area contributed by atoms with Crippen LogP contribution in [0.5, 0.6) is 0 Å². The van der Waals surface area contributed by atoms with Gasteiger partial charge in [0.1, 0.15) is 0 Å². The Morgan fingerprint density at radius 1 is 1.73 bits per heavy atom. The third kappa shape index (κ3) is 2.38. The first-order chi connectivity index (χ1) is 5.34. The van der Waals surface area contributed by atoms with Crippen LogP contribution in [0.2, 0.25) is 0 Å². The summed E-state index contributed by atoms with van der Waals surface area (Å²) in [6.45, 7) is 3.40. The van der Waals surface area contributed by atoms with Gasteiger partial charge in [0, 0.05) is 26.2 Å². The predicted octanol–water partition coefficient (Wildman–Crippen LogP) is -0.379. The predicted molar refractivity (Wildman–Crippen MR) is 43.5 cm³/mol. The molecule has 0 unspecified atom stereocenters. The molecule has 0 saturated carbocycles. The van der Waals surface area contributed by atoms with E-state index >= 15 is 0 Å². The first kappa shape index (κ1) is 8.33. The van der Waals surface area contributed by atoms with Crippen LogP contribution in [0.25, 0.3) is 0 Å². The molecule has 1 heterocycles. The average Bonchev–Trinajstić information content (AvgIpc) is 2.03.